The molecule has 0 amide bonds. The summed E-state index contributed by atoms with van der Waals surface area (Å²) in [5.41, 5.74) is 0.423. The van der Waals surface area contributed by atoms with E-state index in [0.717, 1.165) is 19.3 Å². The molecule has 1 aromatic heterocycles. The molecule has 0 bridgehead atoms. The first-order valence-electron chi connectivity index (χ1n) is 4.30. The molecular weight excluding hydrogens is 168 g/mol. The van der Waals surface area contributed by atoms with Gasteiger partial charge in [0, 0.05) is 5.41 Å². The predicted molar refractivity (Wildman–Crippen MR) is 45.4 cm³/mol. The van der Waals surface area contributed by atoms with Crippen LogP contribution >= 0.6 is 0 Å². The molecule has 13 heavy (non-hydrogen) atoms. The van der Waals surface area contributed by atoms with Crippen molar-refractivity contribution in [3.8, 4) is 11.6 Å². The molecule has 2 N–H and O–H groups in total. The van der Waals surface area contributed by atoms with Gasteiger partial charge in [-0.15, -0.1) is 0 Å². The smallest absolute Gasteiger partial charge is 0.258 e. The van der Waals surface area contributed by atoms with Gasteiger partial charge in [0.15, 0.2) is 0 Å². The highest BCUT2D eigenvalue weighted by atomic mass is 16.3. The van der Waals surface area contributed by atoms with E-state index in [0.29, 0.717) is 5.69 Å². The van der Waals surface area contributed by atoms with Crippen LogP contribution in [0.25, 0.3) is 0 Å². The fourth-order valence-electron chi connectivity index (χ4n) is 1.70. The minimum atomic E-state index is -0.377. The maximum absolute atomic E-state index is 9.50. The maximum atomic E-state index is 9.50. The van der Waals surface area contributed by atoms with E-state index in [2.05, 4.69) is 16.3 Å². The molecule has 1 aliphatic rings. The standard InChI is InChI=1S/C9H11N2O2/c1-9(3-2-4-9)7-6(12)8(13)11-5-10-7/h12H,2-4H2,1H3,(H,10,11,13). The predicted octanol–water partition coefficient (Wildman–Crippen LogP) is 1.13. The summed E-state index contributed by atoms with van der Waals surface area (Å²) in [5.74, 6) is -0.570. The Bertz CT molecular complexity index is 334. The van der Waals surface area contributed by atoms with Crippen molar-refractivity contribution >= 4 is 0 Å². The Morgan fingerprint density at radius 1 is 1.31 bits per heavy atom. The first-order valence-corrected chi connectivity index (χ1v) is 4.30. The molecule has 4 nitrogen and oxygen atoms in total. The largest absolute Gasteiger partial charge is 0.502 e. The second-order valence-corrected chi connectivity index (χ2v) is 3.76. The van der Waals surface area contributed by atoms with Crippen molar-refractivity contribution < 1.29 is 10.2 Å². The molecule has 1 heterocycles. The summed E-state index contributed by atoms with van der Waals surface area (Å²) in [7, 11) is 0. The number of aromatic hydroxyl groups is 2. The zero-order valence-corrected chi connectivity index (χ0v) is 7.41. The third-order valence-electron chi connectivity index (χ3n) is 2.78. The van der Waals surface area contributed by atoms with E-state index in [1.165, 1.54) is 0 Å². The van der Waals surface area contributed by atoms with Crippen molar-refractivity contribution in [2.75, 3.05) is 0 Å². The summed E-state index contributed by atoms with van der Waals surface area (Å²) in [6.45, 7) is 2.02. The first-order chi connectivity index (χ1) is 6.13. The second-order valence-electron chi connectivity index (χ2n) is 3.76. The van der Waals surface area contributed by atoms with Crippen molar-refractivity contribution in [2.45, 2.75) is 31.6 Å². The molecular formula is C9H11N2O2. The summed E-state index contributed by atoms with van der Waals surface area (Å²) in [4.78, 5) is 7.27. The van der Waals surface area contributed by atoms with Crippen LogP contribution in [0, 0.1) is 6.33 Å². The highest BCUT2D eigenvalue weighted by molar-refractivity contribution is 5.39. The molecule has 2 rings (SSSR count). The molecule has 0 aromatic carbocycles. The van der Waals surface area contributed by atoms with Crippen molar-refractivity contribution in [1.29, 1.82) is 0 Å². The van der Waals surface area contributed by atoms with Crippen LogP contribution in [0.2, 0.25) is 0 Å². The van der Waals surface area contributed by atoms with E-state index >= 15 is 0 Å². The molecule has 0 saturated heterocycles. The Balaban J connectivity index is 2.45. The van der Waals surface area contributed by atoms with Crippen LogP contribution in [-0.2, 0) is 5.41 Å². The third kappa shape index (κ3) is 1.13. The van der Waals surface area contributed by atoms with Gasteiger partial charge in [-0.3, -0.25) is 0 Å². The molecule has 4 heteroatoms. The van der Waals surface area contributed by atoms with Crippen LogP contribution in [0.5, 0.6) is 11.6 Å². The molecule has 1 fully saturated rings. The zero-order valence-electron chi connectivity index (χ0n) is 7.41. The van der Waals surface area contributed by atoms with Crippen molar-refractivity contribution in [3.63, 3.8) is 0 Å². The van der Waals surface area contributed by atoms with E-state index in [4.69, 9.17) is 5.11 Å². The van der Waals surface area contributed by atoms with E-state index < -0.39 is 0 Å². The average molecular weight is 179 g/mol. The Labute approximate surface area is 76.3 Å². The third-order valence-corrected chi connectivity index (χ3v) is 2.78. The Morgan fingerprint density at radius 3 is 2.54 bits per heavy atom. The highest BCUT2D eigenvalue weighted by Crippen LogP contribution is 2.46. The van der Waals surface area contributed by atoms with Gasteiger partial charge in [-0.2, -0.15) is 4.98 Å². The lowest BCUT2D eigenvalue weighted by Crippen LogP contribution is -2.31. The van der Waals surface area contributed by atoms with Gasteiger partial charge in [0.05, 0.1) is 5.69 Å². The van der Waals surface area contributed by atoms with Crippen molar-refractivity contribution in [1.82, 2.24) is 9.97 Å². The lowest BCUT2D eigenvalue weighted by Gasteiger charge is -2.37. The monoisotopic (exact) mass is 179 g/mol. The van der Waals surface area contributed by atoms with Crippen LogP contribution in [0.4, 0.5) is 0 Å². The van der Waals surface area contributed by atoms with Gasteiger partial charge < -0.3 is 10.2 Å². The van der Waals surface area contributed by atoms with Crippen LogP contribution in [0.1, 0.15) is 31.9 Å². The molecule has 0 atom stereocenters. The molecule has 0 spiro atoms. The lowest BCUT2D eigenvalue weighted by atomic mass is 9.68. The van der Waals surface area contributed by atoms with E-state index in [9.17, 15) is 5.11 Å². The van der Waals surface area contributed by atoms with E-state index in [-0.39, 0.29) is 17.0 Å². The van der Waals surface area contributed by atoms with Gasteiger partial charge >= 0.3 is 0 Å². The van der Waals surface area contributed by atoms with Crippen LogP contribution in [0.3, 0.4) is 0 Å². The fraction of sp³-hybridized carbons (Fsp3) is 0.556. The molecule has 1 aliphatic carbocycles. The summed E-state index contributed by atoms with van der Waals surface area (Å²) in [5, 5.41) is 18.7. The molecule has 0 unspecified atom stereocenters. The molecule has 1 saturated carbocycles. The molecule has 1 aromatic rings. The Hall–Kier alpha value is -1.32. The SMILES string of the molecule is CC1(c2n[c]nc(O)c2O)CCC1. The van der Waals surface area contributed by atoms with Gasteiger partial charge in [-0.1, -0.05) is 13.3 Å². The highest BCUT2D eigenvalue weighted by Gasteiger charge is 2.38. The molecule has 1 radical (unpaired) electrons. The summed E-state index contributed by atoms with van der Waals surface area (Å²) in [6.07, 6.45) is 5.46. The van der Waals surface area contributed by atoms with E-state index in [1.807, 2.05) is 6.92 Å². The number of hydrogen-bond acceptors (Lipinski definition) is 4. The summed E-state index contributed by atoms with van der Waals surface area (Å²) >= 11 is 0. The fourth-order valence-corrected chi connectivity index (χ4v) is 1.70. The zero-order chi connectivity index (χ0) is 9.47. The number of hydrogen-bond donors (Lipinski definition) is 2. The maximum Gasteiger partial charge on any atom is 0.258 e. The lowest BCUT2D eigenvalue weighted by molar-refractivity contribution is 0.249. The molecule has 0 aliphatic heterocycles. The van der Waals surface area contributed by atoms with Crippen molar-refractivity contribution in [2.24, 2.45) is 0 Å². The first kappa shape index (κ1) is 8.29. The Morgan fingerprint density at radius 2 is 2.00 bits per heavy atom. The Kier molecular flexibility index (Phi) is 1.65. The number of rotatable bonds is 1. The summed E-state index contributed by atoms with van der Waals surface area (Å²) in [6, 6.07) is 0. The van der Waals surface area contributed by atoms with Crippen LogP contribution in [-0.4, -0.2) is 20.2 Å². The van der Waals surface area contributed by atoms with Gasteiger partial charge in [0.1, 0.15) is 0 Å². The van der Waals surface area contributed by atoms with E-state index in [1.54, 1.807) is 0 Å². The van der Waals surface area contributed by atoms with Gasteiger partial charge in [-0.05, 0) is 12.8 Å². The normalized spacial score (nSPS) is 19.5. The van der Waals surface area contributed by atoms with Gasteiger partial charge in [0.25, 0.3) is 5.88 Å². The number of aromatic nitrogens is 2. The minimum absolute atomic E-state index is 0.0962. The topological polar surface area (TPSA) is 66.2 Å². The second kappa shape index (κ2) is 2.58. The van der Waals surface area contributed by atoms with Crippen LogP contribution < -0.4 is 0 Å². The van der Waals surface area contributed by atoms with Crippen LogP contribution in [0.15, 0.2) is 0 Å². The average Bonchev–Trinajstić information content (AvgIpc) is 2.06. The van der Waals surface area contributed by atoms with Crippen molar-refractivity contribution in [3.05, 3.63) is 12.0 Å². The number of nitrogens with zero attached hydrogens (tertiary/aromatic N) is 2. The minimum Gasteiger partial charge on any atom is -0.502 e. The quantitative estimate of drug-likeness (QED) is 0.678. The van der Waals surface area contributed by atoms with Gasteiger partial charge in [-0.25, -0.2) is 4.98 Å². The summed E-state index contributed by atoms with van der Waals surface area (Å²) < 4.78 is 0. The molecule has 69 valence electrons. The van der Waals surface area contributed by atoms with Gasteiger partial charge in [0.2, 0.25) is 12.1 Å².